The van der Waals surface area contributed by atoms with E-state index >= 15 is 0 Å². The van der Waals surface area contributed by atoms with E-state index in [1.54, 1.807) is 19.9 Å². The molecule has 21 heavy (non-hydrogen) atoms. The van der Waals surface area contributed by atoms with Crippen molar-refractivity contribution in [3.63, 3.8) is 0 Å². The lowest BCUT2D eigenvalue weighted by Gasteiger charge is -2.26. The highest BCUT2D eigenvalue weighted by atomic mass is 35.5. The number of amides is 2. The van der Waals surface area contributed by atoms with Crippen LogP contribution in [0.15, 0.2) is 18.2 Å². The average Bonchev–Trinajstić information content (AvgIpc) is 2.40. The summed E-state index contributed by atoms with van der Waals surface area (Å²) in [5.74, 6) is -0.974. The van der Waals surface area contributed by atoms with Crippen LogP contribution in [0.2, 0.25) is 5.02 Å². The Labute approximate surface area is 127 Å². The van der Waals surface area contributed by atoms with Gasteiger partial charge in [0.1, 0.15) is 0 Å². The lowest BCUT2D eigenvalue weighted by molar-refractivity contribution is -0.137. The number of nitriles is 1. The van der Waals surface area contributed by atoms with Crippen molar-refractivity contribution in [2.45, 2.75) is 26.3 Å². The maximum Gasteiger partial charge on any atom is 0.322 e. The molecule has 2 N–H and O–H groups in total. The number of carbonyl (C=O) groups excluding carboxylic acids is 1. The molecule has 0 radical (unpaired) electrons. The molecule has 0 aliphatic heterocycles. The Balaban J connectivity index is 2.86. The third-order valence-electron chi connectivity index (χ3n) is 2.79. The normalized spacial score (nSPS) is 10.0. The van der Waals surface area contributed by atoms with Crippen molar-refractivity contribution in [2.75, 3.05) is 11.9 Å². The molecule has 0 aromatic heterocycles. The average molecular weight is 310 g/mol. The number of nitrogens with one attached hydrogen (secondary N) is 1. The Morgan fingerprint density at radius 1 is 1.48 bits per heavy atom. The largest absolute Gasteiger partial charge is 0.481 e. The van der Waals surface area contributed by atoms with Crippen LogP contribution in [0.3, 0.4) is 0 Å². The number of nitrogens with zero attached hydrogens (tertiary/aromatic N) is 2. The van der Waals surface area contributed by atoms with Gasteiger partial charge in [-0.1, -0.05) is 11.6 Å². The second-order valence-electron chi connectivity index (χ2n) is 4.67. The molecule has 6 nitrogen and oxygen atoms in total. The van der Waals surface area contributed by atoms with E-state index in [4.69, 9.17) is 22.0 Å². The number of hydrogen-bond donors (Lipinski definition) is 2. The van der Waals surface area contributed by atoms with Crippen molar-refractivity contribution >= 4 is 29.3 Å². The Morgan fingerprint density at radius 3 is 2.67 bits per heavy atom. The first-order chi connectivity index (χ1) is 9.85. The number of anilines is 1. The van der Waals surface area contributed by atoms with Gasteiger partial charge >= 0.3 is 12.0 Å². The summed E-state index contributed by atoms with van der Waals surface area (Å²) in [6.45, 7) is 3.66. The van der Waals surface area contributed by atoms with Gasteiger partial charge in [-0.3, -0.25) is 4.79 Å². The monoisotopic (exact) mass is 309 g/mol. The Bertz CT molecular complexity index is 581. The summed E-state index contributed by atoms with van der Waals surface area (Å²) < 4.78 is 0. The second kappa shape index (κ2) is 7.50. The number of rotatable bonds is 5. The third kappa shape index (κ3) is 4.97. The molecule has 0 saturated heterocycles. The summed E-state index contributed by atoms with van der Waals surface area (Å²) in [5, 5.41) is 20.5. The van der Waals surface area contributed by atoms with Gasteiger partial charge in [0.25, 0.3) is 0 Å². The van der Waals surface area contributed by atoms with Gasteiger partial charge in [0.15, 0.2) is 0 Å². The molecule has 0 saturated carbocycles. The summed E-state index contributed by atoms with van der Waals surface area (Å²) in [5.41, 5.74) is 0.693. The van der Waals surface area contributed by atoms with Gasteiger partial charge in [-0.25, -0.2) is 4.79 Å². The molecular formula is C14H16ClN3O3. The zero-order valence-corrected chi connectivity index (χ0v) is 12.5. The van der Waals surface area contributed by atoms with Crippen molar-refractivity contribution < 1.29 is 14.7 Å². The minimum absolute atomic E-state index is 0.0917. The molecule has 112 valence electrons. The molecular weight excluding hydrogens is 294 g/mol. The maximum atomic E-state index is 12.2. The Kier molecular flexibility index (Phi) is 6.00. The summed E-state index contributed by atoms with van der Waals surface area (Å²) in [6.07, 6.45) is -0.141. The van der Waals surface area contributed by atoms with E-state index in [1.165, 1.54) is 17.0 Å². The van der Waals surface area contributed by atoms with E-state index in [-0.39, 0.29) is 19.0 Å². The number of urea groups is 1. The number of benzene rings is 1. The Morgan fingerprint density at radius 2 is 2.14 bits per heavy atom. The third-order valence-corrected chi connectivity index (χ3v) is 3.12. The highest BCUT2D eigenvalue weighted by Crippen LogP contribution is 2.23. The van der Waals surface area contributed by atoms with Crippen molar-refractivity contribution in [3.8, 4) is 6.07 Å². The molecule has 0 atom stereocenters. The predicted octanol–water partition coefficient (Wildman–Crippen LogP) is 2.93. The van der Waals surface area contributed by atoms with Crippen LogP contribution in [0.4, 0.5) is 10.5 Å². The molecule has 1 aromatic carbocycles. The van der Waals surface area contributed by atoms with Gasteiger partial charge in [-0.05, 0) is 32.0 Å². The van der Waals surface area contributed by atoms with Crippen molar-refractivity contribution in [1.29, 1.82) is 5.26 Å². The van der Waals surface area contributed by atoms with E-state index < -0.39 is 12.0 Å². The molecule has 0 fully saturated rings. The molecule has 0 unspecified atom stereocenters. The lowest BCUT2D eigenvalue weighted by atomic mass is 10.2. The van der Waals surface area contributed by atoms with Gasteiger partial charge in [0, 0.05) is 12.6 Å². The van der Waals surface area contributed by atoms with E-state index in [9.17, 15) is 9.59 Å². The molecule has 0 bridgehead atoms. The molecule has 0 spiro atoms. The molecule has 0 aliphatic rings. The van der Waals surface area contributed by atoms with Crippen molar-refractivity contribution in [2.24, 2.45) is 0 Å². The quantitative estimate of drug-likeness (QED) is 0.874. The highest BCUT2D eigenvalue weighted by molar-refractivity contribution is 6.33. The number of carbonyl (C=O) groups is 2. The van der Waals surface area contributed by atoms with E-state index in [0.717, 1.165) is 0 Å². The summed E-state index contributed by atoms with van der Waals surface area (Å²) in [7, 11) is 0. The van der Waals surface area contributed by atoms with Crippen LogP contribution in [0, 0.1) is 11.3 Å². The zero-order chi connectivity index (χ0) is 16.0. The van der Waals surface area contributed by atoms with Crippen LogP contribution < -0.4 is 5.32 Å². The molecule has 1 rings (SSSR count). The molecule has 7 heteroatoms. The van der Waals surface area contributed by atoms with Crippen LogP contribution in [0.5, 0.6) is 0 Å². The molecule has 0 aliphatic carbocycles. The number of hydrogen-bond acceptors (Lipinski definition) is 3. The summed E-state index contributed by atoms with van der Waals surface area (Å²) in [4.78, 5) is 24.2. The minimum Gasteiger partial charge on any atom is -0.481 e. The first-order valence-electron chi connectivity index (χ1n) is 6.34. The first kappa shape index (κ1) is 16.8. The van der Waals surface area contributed by atoms with E-state index in [1.807, 2.05) is 6.07 Å². The van der Waals surface area contributed by atoms with Gasteiger partial charge in [-0.15, -0.1) is 0 Å². The van der Waals surface area contributed by atoms with Crippen molar-refractivity contribution in [3.05, 3.63) is 28.8 Å². The molecule has 1 aromatic rings. The second-order valence-corrected chi connectivity index (χ2v) is 5.07. The highest BCUT2D eigenvalue weighted by Gasteiger charge is 2.19. The van der Waals surface area contributed by atoms with Crippen LogP contribution >= 0.6 is 11.6 Å². The zero-order valence-electron chi connectivity index (χ0n) is 11.8. The summed E-state index contributed by atoms with van der Waals surface area (Å²) in [6, 6.07) is 5.87. The van der Waals surface area contributed by atoms with E-state index in [2.05, 4.69) is 5.32 Å². The van der Waals surface area contributed by atoms with Crippen molar-refractivity contribution in [1.82, 2.24) is 4.90 Å². The minimum atomic E-state index is -0.974. The van der Waals surface area contributed by atoms with Gasteiger partial charge < -0.3 is 15.3 Å². The number of carboxylic acids is 1. The van der Waals surface area contributed by atoms with Crippen LogP contribution in [0.1, 0.15) is 25.8 Å². The van der Waals surface area contributed by atoms with Gasteiger partial charge in [-0.2, -0.15) is 5.26 Å². The standard InChI is InChI=1S/C14H16ClN3O3/c1-9(2)18(6-5-13(19)20)14(21)17-12-7-10(8-16)3-4-11(12)15/h3-4,7,9H,5-6H2,1-2H3,(H,17,21)(H,19,20). The fraction of sp³-hybridized carbons (Fsp3) is 0.357. The first-order valence-corrected chi connectivity index (χ1v) is 6.72. The number of carboxylic acid groups (broad SMARTS) is 1. The van der Waals surface area contributed by atoms with Gasteiger partial charge in [0.2, 0.25) is 0 Å². The molecule has 0 heterocycles. The SMILES string of the molecule is CC(C)N(CCC(=O)O)C(=O)Nc1cc(C#N)ccc1Cl. The Hall–Kier alpha value is -2.26. The topological polar surface area (TPSA) is 93.4 Å². The molecule has 2 amide bonds. The van der Waals surface area contributed by atoms with Crippen LogP contribution in [-0.2, 0) is 4.79 Å². The number of aliphatic carboxylic acids is 1. The smallest absolute Gasteiger partial charge is 0.322 e. The predicted molar refractivity (Wildman–Crippen MR) is 79.3 cm³/mol. The fourth-order valence-corrected chi connectivity index (χ4v) is 1.85. The fourth-order valence-electron chi connectivity index (χ4n) is 1.69. The van der Waals surface area contributed by atoms with E-state index in [0.29, 0.717) is 16.3 Å². The van der Waals surface area contributed by atoms with Gasteiger partial charge in [0.05, 0.1) is 28.8 Å². The van der Waals surface area contributed by atoms with Crippen LogP contribution in [-0.4, -0.2) is 34.6 Å². The lowest BCUT2D eigenvalue weighted by Crippen LogP contribution is -2.41. The summed E-state index contributed by atoms with van der Waals surface area (Å²) >= 11 is 5.97. The van der Waals surface area contributed by atoms with Crippen LogP contribution in [0.25, 0.3) is 0 Å². The number of halogens is 1. The maximum absolute atomic E-state index is 12.2.